The first kappa shape index (κ1) is 17.0. The normalized spacial score (nSPS) is 12.6. The number of carbonyl (C=O) groups is 2. The standard InChI is InChI=1S/C20H22N2O3/c1-14-4-3-5-18(10-14)25-13-20(24)21-12-16-6-7-19-17(11-16)8-9-22(19)15(2)23/h3-7,10-11H,8-9,12-13H2,1-2H3,(H,21,24). The minimum absolute atomic E-state index is 0.00743. The molecule has 2 aromatic carbocycles. The van der Waals surface area contributed by atoms with E-state index in [0.717, 1.165) is 35.3 Å². The fourth-order valence-electron chi connectivity index (χ4n) is 3.00. The fraction of sp³-hybridized carbons (Fsp3) is 0.300. The number of carbonyl (C=O) groups excluding carboxylic acids is 2. The van der Waals surface area contributed by atoms with Gasteiger partial charge < -0.3 is 15.0 Å². The van der Waals surface area contributed by atoms with Crippen molar-refractivity contribution in [3.63, 3.8) is 0 Å². The number of fused-ring (bicyclic) bond motifs is 1. The highest BCUT2D eigenvalue weighted by atomic mass is 16.5. The van der Waals surface area contributed by atoms with E-state index >= 15 is 0 Å². The molecule has 1 aliphatic heterocycles. The summed E-state index contributed by atoms with van der Waals surface area (Å²) in [6.45, 7) is 4.73. The minimum Gasteiger partial charge on any atom is -0.484 e. The summed E-state index contributed by atoms with van der Waals surface area (Å²) in [4.78, 5) is 25.3. The van der Waals surface area contributed by atoms with Gasteiger partial charge in [-0.3, -0.25) is 9.59 Å². The van der Waals surface area contributed by atoms with E-state index in [0.29, 0.717) is 12.3 Å². The lowest BCUT2D eigenvalue weighted by molar-refractivity contribution is -0.123. The van der Waals surface area contributed by atoms with Crippen LogP contribution in [0.1, 0.15) is 23.6 Å². The number of ether oxygens (including phenoxy) is 1. The number of rotatable bonds is 5. The van der Waals surface area contributed by atoms with E-state index in [1.807, 2.05) is 43.3 Å². The molecule has 1 N–H and O–H groups in total. The Balaban J connectivity index is 1.52. The van der Waals surface area contributed by atoms with Crippen molar-refractivity contribution in [1.29, 1.82) is 0 Å². The number of hydrogen-bond donors (Lipinski definition) is 1. The van der Waals surface area contributed by atoms with E-state index in [1.165, 1.54) is 0 Å². The van der Waals surface area contributed by atoms with Crippen LogP contribution in [-0.4, -0.2) is 25.0 Å². The number of benzene rings is 2. The lowest BCUT2D eigenvalue weighted by Crippen LogP contribution is -2.28. The number of amides is 2. The van der Waals surface area contributed by atoms with Gasteiger partial charge >= 0.3 is 0 Å². The summed E-state index contributed by atoms with van der Waals surface area (Å²) < 4.78 is 5.50. The molecule has 0 fully saturated rings. The van der Waals surface area contributed by atoms with Crippen molar-refractivity contribution in [1.82, 2.24) is 5.32 Å². The van der Waals surface area contributed by atoms with Crippen molar-refractivity contribution >= 4 is 17.5 Å². The molecule has 0 spiro atoms. The third-order valence-corrected chi connectivity index (χ3v) is 4.27. The van der Waals surface area contributed by atoms with Gasteiger partial charge in [0.05, 0.1) is 0 Å². The van der Waals surface area contributed by atoms with E-state index in [1.54, 1.807) is 11.8 Å². The molecule has 0 atom stereocenters. The SMILES string of the molecule is CC(=O)N1CCc2cc(CNC(=O)COc3cccc(C)c3)ccc21. The van der Waals surface area contributed by atoms with Crippen molar-refractivity contribution in [2.75, 3.05) is 18.1 Å². The monoisotopic (exact) mass is 338 g/mol. The maximum Gasteiger partial charge on any atom is 0.258 e. The predicted octanol–water partition coefficient (Wildman–Crippen LogP) is 2.60. The summed E-state index contributed by atoms with van der Waals surface area (Å²) in [6.07, 6.45) is 0.854. The first-order valence-electron chi connectivity index (χ1n) is 8.39. The average Bonchev–Trinajstić information content (AvgIpc) is 3.01. The third-order valence-electron chi connectivity index (χ3n) is 4.27. The quantitative estimate of drug-likeness (QED) is 0.912. The smallest absolute Gasteiger partial charge is 0.258 e. The Labute approximate surface area is 147 Å². The largest absolute Gasteiger partial charge is 0.484 e. The third kappa shape index (κ3) is 4.18. The van der Waals surface area contributed by atoms with Gasteiger partial charge in [-0.05, 0) is 48.2 Å². The molecule has 0 aliphatic carbocycles. The van der Waals surface area contributed by atoms with Gasteiger partial charge in [-0.2, -0.15) is 0 Å². The van der Waals surface area contributed by atoms with Crippen LogP contribution < -0.4 is 15.0 Å². The molecule has 0 aromatic heterocycles. The molecule has 1 aliphatic rings. The summed E-state index contributed by atoms with van der Waals surface area (Å²) in [6, 6.07) is 13.6. The first-order valence-corrected chi connectivity index (χ1v) is 8.39. The maximum absolute atomic E-state index is 12.0. The molecular weight excluding hydrogens is 316 g/mol. The lowest BCUT2D eigenvalue weighted by atomic mass is 10.1. The Morgan fingerprint density at radius 2 is 2.04 bits per heavy atom. The van der Waals surface area contributed by atoms with Crippen LogP contribution in [0.5, 0.6) is 5.75 Å². The van der Waals surface area contributed by atoms with Crippen LogP contribution in [0.4, 0.5) is 5.69 Å². The molecule has 0 unspecified atom stereocenters. The van der Waals surface area contributed by atoms with Crippen molar-refractivity contribution in [3.05, 3.63) is 59.2 Å². The summed E-state index contributed by atoms with van der Waals surface area (Å²) >= 11 is 0. The Bertz CT molecular complexity index is 801. The van der Waals surface area contributed by atoms with E-state index < -0.39 is 0 Å². The van der Waals surface area contributed by atoms with Crippen LogP contribution in [0.15, 0.2) is 42.5 Å². The number of nitrogens with one attached hydrogen (secondary N) is 1. The average molecular weight is 338 g/mol. The second kappa shape index (κ2) is 7.38. The highest BCUT2D eigenvalue weighted by Gasteiger charge is 2.22. The van der Waals surface area contributed by atoms with Crippen LogP contribution in [0.2, 0.25) is 0 Å². The Hall–Kier alpha value is -2.82. The van der Waals surface area contributed by atoms with Crippen molar-refractivity contribution < 1.29 is 14.3 Å². The van der Waals surface area contributed by atoms with Gasteiger partial charge in [-0.1, -0.05) is 24.3 Å². The molecule has 130 valence electrons. The van der Waals surface area contributed by atoms with E-state index in [-0.39, 0.29) is 18.4 Å². The van der Waals surface area contributed by atoms with Crippen LogP contribution in [0.25, 0.3) is 0 Å². The predicted molar refractivity (Wildman–Crippen MR) is 96.7 cm³/mol. The van der Waals surface area contributed by atoms with Crippen molar-refractivity contribution in [2.24, 2.45) is 0 Å². The highest BCUT2D eigenvalue weighted by Crippen LogP contribution is 2.28. The fourth-order valence-corrected chi connectivity index (χ4v) is 3.00. The molecule has 3 rings (SSSR count). The highest BCUT2D eigenvalue weighted by molar-refractivity contribution is 5.93. The summed E-state index contributed by atoms with van der Waals surface area (Å²) in [7, 11) is 0. The van der Waals surface area contributed by atoms with Gasteiger partial charge in [0.25, 0.3) is 5.91 Å². The van der Waals surface area contributed by atoms with Crippen LogP contribution in [0, 0.1) is 6.92 Å². The van der Waals surface area contributed by atoms with Gasteiger partial charge in [-0.25, -0.2) is 0 Å². The lowest BCUT2D eigenvalue weighted by Gasteiger charge is -2.15. The Morgan fingerprint density at radius 1 is 1.20 bits per heavy atom. The summed E-state index contributed by atoms with van der Waals surface area (Å²) in [5, 5.41) is 2.86. The van der Waals surface area contributed by atoms with Crippen molar-refractivity contribution in [2.45, 2.75) is 26.8 Å². The van der Waals surface area contributed by atoms with Crippen LogP contribution in [0.3, 0.4) is 0 Å². The summed E-state index contributed by atoms with van der Waals surface area (Å²) in [5.74, 6) is 0.595. The molecule has 0 bridgehead atoms. The molecule has 0 radical (unpaired) electrons. The van der Waals surface area contributed by atoms with E-state index in [4.69, 9.17) is 4.74 Å². The van der Waals surface area contributed by atoms with Gasteiger partial charge in [0, 0.05) is 25.7 Å². The van der Waals surface area contributed by atoms with Gasteiger partial charge in [0.1, 0.15) is 5.75 Å². The molecule has 5 nitrogen and oxygen atoms in total. The zero-order valence-corrected chi connectivity index (χ0v) is 14.5. The second-order valence-electron chi connectivity index (χ2n) is 6.27. The molecule has 0 saturated heterocycles. The molecule has 2 amide bonds. The van der Waals surface area contributed by atoms with Crippen molar-refractivity contribution in [3.8, 4) is 5.75 Å². The van der Waals surface area contributed by atoms with Gasteiger partial charge in [0.2, 0.25) is 5.91 Å². The molecule has 1 heterocycles. The second-order valence-corrected chi connectivity index (χ2v) is 6.27. The number of anilines is 1. The molecular formula is C20H22N2O3. The van der Waals surface area contributed by atoms with Gasteiger partial charge in [0.15, 0.2) is 6.61 Å². The molecule has 5 heteroatoms. The van der Waals surface area contributed by atoms with Gasteiger partial charge in [-0.15, -0.1) is 0 Å². The zero-order chi connectivity index (χ0) is 17.8. The zero-order valence-electron chi connectivity index (χ0n) is 14.5. The minimum atomic E-state index is -0.160. The van der Waals surface area contributed by atoms with E-state index in [2.05, 4.69) is 11.4 Å². The van der Waals surface area contributed by atoms with Crippen LogP contribution in [-0.2, 0) is 22.6 Å². The topological polar surface area (TPSA) is 58.6 Å². The van der Waals surface area contributed by atoms with E-state index in [9.17, 15) is 9.59 Å². The maximum atomic E-state index is 12.0. The number of aryl methyl sites for hydroxylation is 1. The first-order chi connectivity index (χ1) is 12.0. The number of hydrogen-bond acceptors (Lipinski definition) is 3. The Kier molecular flexibility index (Phi) is 5.03. The Morgan fingerprint density at radius 3 is 2.80 bits per heavy atom. The summed E-state index contributed by atoms with van der Waals surface area (Å²) in [5.41, 5.74) is 4.24. The molecule has 25 heavy (non-hydrogen) atoms. The molecule has 0 saturated carbocycles. The van der Waals surface area contributed by atoms with Crippen LogP contribution >= 0.6 is 0 Å². The number of nitrogens with zero attached hydrogens (tertiary/aromatic N) is 1. The molecule has 2 aromatic rings.